The fourth-order valence-corrected chi connectivity index (χ4v) is 3.12. The zero-order chi connectivity index (χ0) is 12.8. The Morgan fingerprint density at radius 3 is 2.67 bits per heavy atom. The molecule has 0 bridgehead atoms. The molecule has 1 N–H and O–H groups in total. The van der Waals surface area contributed by atoms with E-state index in [-0.39, 0.29) is 0 Å². The van der Waals surface area contributed by atoms with Gasteiger partial charge in [-0.3, -0.25) is 0 Å². The molecule has 0 aromatic heterocycles. The molecular weight excluding hydrogens is 248 g/mol. The van der Waals surface area contributed by atoms with Crippen LogP contribution in [0.1, 0.15) is 12.0 Å². The molecular formula is C13H18N2O2S. The molecule has 1 saturated heterocycles. The molecule has 0 spiro atoms. The van der Waals surface area contributed by atoms with Crippen molar-refractivity contribution in [1.82, 2.24) is 9.62 Å². The summed E-state index contributed by atoms with van der Waals surface area (Å²) >= 11 is 0. The Bertz CT molecular complexity index is 489. The van der Waals surface area contributed by atoms with Gasteiger partial charge < -0.3 is 5.32 Å². The molecule has 0 aliphatic carbocycles. The van der Waals surface area contributed by atoms with Crippen LogP contribution in [0.3, 0.4) is 0 Å². The molecule has 0 unspecified atom stereocenters. The van der Waals surface area contributed by atoms with Gasteiger partial charge in [-0.15, -0.1) is 0 Å². The summed E-state index contributed by atoms with van der Waals surface area (Å²) in [6.45, 7) is 2.74. The maximum absolute atomic E-state index is 12.1. The van der Waals surface area contributed by atoms with E-state index in [4.69, 9.17) is 0 Å². The van der Waals surface area contributed by atoms with Gasteiger partial charge >= 0.3 is 0 Å². The molecule has 1 aliphatic rings. The van der Waals surface area contributed by atoms with Crippen molar-refractivity contribution in [3.8, 4) is 0 Å². The van der Waals surface area contributed by atoms with Gasteiger partial charge in [0, 0.05) is 25.0 Å². The number of nitrogens with one attached hydrogen (secondary N) is 1. The van der Waals surface area contributed by atoms with E-state index in [0.717, 1.165) is 25.1 Å². The Morgan fingerprint density at radius 1 is 1.11 bits per heavy atom. The van der Waals surface area contributed by atoms with E-state index in [1.807, 2.05) is 30.3 Å². The highest BCUT2D eigenvalue weighted by atomic mass is 32.2. The molecule has 1 aliphatic heterocycles. The highest BCUT2D eigenvalue weighted by molar-refractivity contribution is 7.92. The minimum atomic E-state index is -3.29. The first-order valence-corrected chi connectivity index (χ1v) is 7.63. The summed E-state index contributed by atoms with van der Waals surface area (Å²) in [7, 11) is -3.29. The topological polar surface area (TPSA) is 49.4 Å². The number of rotatable bonds is 3. The first kappa shape index (κ1) is 13.3. The zero-order valence-corrected chi connectivity index (χ0v) is 11.1. The van der Waals surface area contributed by atoms with Crippen LogP contribution in [0, 0.1) is 0 Å². The van der Waals surface area contributed by atoms with Crippen LogP contribution in [0.15, 0.2) is 35.7 Å². The number of sulfonamides is 1. The summed E-state index contributed by atoms with van der Waals surface area (Å²) in [6, 6.07) is 9.46. The molecule has 2 rings (SSSR count). The third kappa shape index (κ3) is 3.66. The van der Waals surface area contributed by atoms with Crippen molar-refractivity contribution in [3.05, 3.63) is 41.3 Å². The molecule has 0 saturated carbocycles. The lowest BCUT2D eigenvalue weighted by molar-refractivity contribution is 0.439. The fourth-order valence-electron chi connectivity index (χ4n) is 1.89. The van der Waals surface area contributed by atoms with Gasteiger partial charge in [0.05, 0.1) is 0 Å². The van der Waals surface area contributed by atoms with Gasteiger partial charge in [0.15, 0.2) is 0 Å². The van der Waals surface area contributed by atoms with E-state index in [2.05, 4.69) is 5.32 Å². The van der Waals surface area contributed by atoms with Crippen molar-refractivity contribution < 1.29 is 8.42 Å². The first-order valence-electron chi connectivity index (χ1n) is 6.12. The molecule has 0 amide bonds. The Balaban J connectivity index is 2.09. The van der Waals surface area contributed by atoms with Crippen molar-refractivity contribution in [1.29, 1.82) is 0 Å². The predicted molar refractivity (Wildman–Crippen MR) is 73.5 cm³/mol. The van der Waals surface area contributed by atoms with E-state index in [9.17, 15) is 8.42 Å². The Labute approximate surface area is 108 Å². The van der Waals surface area contributed by atoms with Crippen LogP contribution in [0.25, 0.3) is 6.08 Å². The summed E-state index contributed by atoms with van der Waals surface area (Å²) in [5, 5.41) is 4.49. The number of hydrogen-bond acceptors (Lipinski definition) is 3. The number of nitrogens with zero attached hydrogens (tertiary/aromatic N) is 1. The van der Waals surface area contributed by atoms with Gasteiger partial charge in [-0.1, -0.05) is 30.3 Å². The average molecular weight is 266 g/mol. The second kappa shape index (κ2) is 6.13. The summed E-state index contributed by atoms with van der Waals surface area (Å²) < 4.78 is 25.8. The molecule has 1 heterocycles. The monoisotopic (exact) mass is 266 g/mol. The van der Waals surface area contributed by atoms with E-state index in [1.54, 1.807) is 6.08 Å². The van der Waals surface area contributed by atoms with E-state index in [0.29, 0.717) is 13.1 Å². The molecule has 1 aromatic carbocycles. The lowest BCUT2D eigenvalue weighted by atomic mass is 10.2. The molecule has 4 nitrogen and oxygen atoms in total. The summed E-state index contributed by atoms with van der Waals surface area (Å²) in [4.78, 5) is 0. The smallest absolute Gasteiger partial charge is 0.236 e. The SMILES string of the molecule is O=S(=O)(/C=C/c1ccccc1)N1CCCNCC1. The van der Waals surface area contributed by atoms with Crippen molar-refractivity contribution in [3.63, 3.8) is 0 Å². The zero-order valence-electron chi connectivity index (χ0n) is 10.2. The summed E-state index contributed by atoms with van der Waals surface area (Å²) in [6.07, 6.45) is 2.51. The van der Waals surface area contributed by atoms with Gasteiger partial charge in [-0.25, -0.2) is 8.42 Å². The average Bonchev–Trinajstić information content (AvgIpc) is 2.67. The van der Waals surface area contributed by atoms with Crippen molar-refractivity contribution in [2.75, 3.05) is 26.2 Å². The van der Waals surface area contributed by atoms with Crippen molar-refractivity contribution in [2.45, 2.75) is 6.42 Å². The van der Waals surface area contributed by atoms with Gasteiger partial charge in [0.1, 0.15) is 0 Å². The lowest BCUT2D eigenvalue weighted by Crippen LogP contribution is -2.32. The summed E-state index contributed by atoms with van der Waals surface area (Å²) in [5.74, 6) is 0. The Morgan fingerprint density at radius 2 is 1.89 bits per heavy atom. The largest absolute Gasteiger partial charge is 0.315 e. The van der Waals surface area contributed by atoms with Crippen LogP contribution in [0.2, 0.25) is 0 Å². The van der Waals surface area contributed by atoms with Crippen LogP contribution >= 0.6 is 0 Å². The van der Waals surface area contributed by atoms with Gasteiger partial charge in [0.2, 0.25) is 10.0 Å². The predicted octanol–water partition coefficient (Wildman–Crippen LogP) is 1.28. The van der Waals surface area contributed by atoms with Crippen LogP contribution in [-0.2, 0) is 10.0 Å². The number of benzene rings is 1. The molecule has 1 fully saturated rings. The second-order valence-corrected chi connectivity index (χ2v) is 6.08. The van der Waals surface area contributed by atoms with E-state index < -0.39 is 10.0 Å². The highest BCUT2D eigenvalue weighted by Crippen LogP contribution is 2.09. The second-order valence-electron chi connectivity index (χ2n) is 4.26. The van der Waals surface area contributed by atoms with Gasteiger partial charge in [-0.05, 0) is 24.6 Å². The minimum absolute atomic E-state index is 0.543. The Kier molecular flexibility index (Phi) is 4.52. The normalized spacial score (nSPS) is 18.9. The molecule has 0 radical (unpaired) electrons. The maximum atomic E-state index is 12.1. The number of hydrogen-bond donors (Lipinski definition) is 1. The standard InChI is InChI=1S/C13H18N2O2S/c16-18(17,15-10-4-8-14-9-11-15)12-7-13-5-2-1-3-6-13/h1-3,5-7,12,14H,4,8-11H2/b12-7+. The van der Waals surface area contributed by atoms with Crippen molar-refractivity contribution in [2.24, 2.45) is 0 Å². The molecule has 18 heavy (non-hydrogen) atoms. The molecule has 0 atom stereocenters. The maximum Gasteiger partial charge on any atom is 0.236 e. The molecule has 98 valence electrons. The van der Waals surface area contributed by atoms with Gasteiger partial charge in [-0.2, -0.15) is 4.31 Å². The minimum Gasteiger partial charge on any atom is -0.315 e. The van der Waals surface area contributed by atoms with Crippen LogP contribution in [-0.4, -0.2) is 38.9 Å². The summed E-state index contributed by atoms with van der Waals surface area (Å²) in [5.41, 5.74) is 0.897. The molecule has 5 heteroatoms. The fraction of sp³-hybridized carbons (Fsp3) is 0.385. The van der Waals surface area contributed by atoms with Crippen LogP contribution in [0.5, 0.6) is 0 Å². The first-order chi connectivity index (χ1) is 8.68. The van der Waals surface area contributed by atoms with E-state index >= 15 is 0 Å². The van der Waals surface area contributed by atoms with Crippen LogP contribution in [0.4, 0.5) is 0 Å². The van der Waals surface area contributed by atoms with Crippen LogP contribution < -0.4 is 5.32 Å². The van der Waals surface area contributed by atoms with Gasteiger partial charge in [0.25, 0.3) is 0 Å². The third-order valence-electron chi connectivity index (χ3n) is 2.89. The van der Waals surface area contributed by atoms with Crippen molar-refractivity contribution >= 4 is 16.1 Å². The Hall–Kier alpha value is -1.17. The van der Waals surface area contributed by atoms with E-state index in [1.165, 1.54) is 9.71 Å². The quantitative estimate of drug-likeness (QED) is 0.896. The lowest BCUT2D eigenvalue weighted by Gasteiger charge is -2.16. The molecule has 1 aromatic rings. The highest BCUT2D eigenvalue weighted by Gasteiger charge is 2.19. The third-order valence-corrected chi connectivity index (χ3v) is 4.46.